The Morgan fingerprint density at radius 3 is 2.35 bits per heavy atom. The summed E-state index contributed by atoms with van der Waals surface area (Å²) < 4.78 is 63.9. The lowest BCUT2D eigenvalue weighted by Gasteiger charge is -2.24. The van der Waals surface area contributed by atoms with E-state index in [4.69, 9.17) is 4.74 Å². The van der Waals surface area contributed by atoms with Gasteiger partial charge in [-0.25, -0.2) is 0 Å². The van der Waals surface area contributed by atoms with Gasteiger partial charge in [-0.3, -0.25) is 4.79 Å². The first-order valence-electron chi connectivity index (χ1n) is 9.53. The number of carbonyl (C=O) groups is 1. The van der Waals surface area contributed by atoms with Crippen LogP contribution in [0.15, 0.2) is 48.5 Å². The zero-order valence-corrected chi connectivity index (χ0v) is 16.6. The van der Waals surface area contributed by atoms with E-state index in [1.165, 1.54) is 24.3 Å². The van der Waals surface area contributed by atoms with Crippen molar-refractivity contribution in [2.24, 2.45) is 0 Å². The van der Waals surface area contributed by atoms with Crippen LogP contribution in [0.25, 0.3) is 6.08 Å². The zero-order chi connectivity index (χ0) is 22.4. The van der Waals surface area contributed by atoms with Gasteiger partial charge >= 0.3 is 13.2 Å². The molecule has 1 amide bonds. The molecule has 0 aliphatic carbocycles. The Hall–Kier alpha value is -3.23. The molecule has 0 saturated carbocycles. The maximum Gasteiger partial charge on any atom is 0.387 e. The van der Waals surface area contributed by atoms with E-state index >= 15 is 0 Å². The van der Waals surface area contributed by atoms with Crippen molar-refractivity contribution in [1.29, 1.82) is 0 Å². The molecule has 1 heterocycles. The highest BCUT2D eigenvalue weighted by Gasteiger charge is 2.28. The number of ether oxygens (including phenoxy) is 3. The summed E-state index contributed by atoms with van der Waals surface area (Å²) in [5.41, 5.74) is 1.10. The summed E-state index contributed by atoms with van der Waals surface area (Å²) >= 11 is 0. The van der Waals surface area contributed by atoms with Gasteiger partial charge < -0.3 is 19.1 Å². The molecular formula is C22H21F4NO4. The minimum atomic E-state index is -3.16. The minimum absolute atomic E-state index is 0.110. The van der Waals surface area contributed by atoms with Gasteiger partial charge in [-0.2, -0.15) is 17.6 Å². The highest BCUT2D eigenvalue weighted by atomic mass is 19.3. The van der Waals surface area contributed by atoms with Gasteiger partial charge in [-0.05, 0) is 48.7 Å². The fraction of sp³-hybridized carbons (Fsp3) is 0.318. The molecular weight excluding hydrogens is 418 g/mol. The van der Waals surface area contributed by atoms with Crippen LogP contribution in [0.4, 0.5) is 17.6 Å². The zero-order valence-electron chi connectivity index (χ0n) is 16.6. The summed E-state index contributed by atoms with van der Waals surface area (Å²) in [6.45, 7) is -5.71. The van der Waals surface area contributed by atoms with Crippen molar-refractivity contribution in [1.82, 2.24) is 4.90 Å². The molecule has 9 heteroatoms. The number of alkyl halides is 4. The number of methoxy groups -OCH3 is 1. The number of carbonyl (C=O) groups excluding carboxylic acids is 1. The summed E-state index contributed by atoms with van der Waals surface area (Å²) in [5, 5.41) is 0. The number of nitrogens with zero attached hydrogens (tertiary/aromatic N) is 1. The standard InChI is InChI=1S/C22H21F4NO4/c1-29-16-8-4-14(5-9-16)18-3-2-12-27(18)20(28)11-7-15-6-10-17(30-21(23)24)13-19(15)31-22(25)26/h4-11,13,18,21-22H,2-3,12H2,1H3/b11-7+. The molecule has 0 spiro atoms. The van der Waals surface area contributed by atoms with Gasteiger partial charge in [0, 0.05) is 24.3 Å². The van der Waals surface area contributed by atoms with E-state index in [1.54, 1.807) is 12.0 Å². The predicted molar refractivity (Wildman–Crippen MR) is 105 cm³/mol. The van der Waals surface area contributed by atoms with E-state index < -0.39 is 13.2 Å². The molecule has 2 aromatic carbocycles. The second-order valence-corrected chi connectivity index (χ2v) is 6.75. The summed E-state index contributed by atoms with van der Waals surface area (Å²) in [7, 11) is 1.57. The van der Waals surface area contributed by atoms with E-state index in [9.17, 15) is 22.4 Å². The average molecular weight is 439 g/mol. The SMILES string of the molecule is COc1ccc(C2CCCN2C(=O)/C=C/c2ccc(OC(F)F)cc2OC(F)F)cc1. The van der Waals surface area contributed by atoms with Gasteiger partial charge in [0.25, 0.3) is 0 Å². The molecule has 5 nitrogen and oxygen atoms in total. The molecule has 2 aromatic rings. The van der Waals surface area contributed by atoms with Crippen molar-refractivity contribution in [3.63, 3.8) is 0 Å². The number of halogens is 4. The van der Waals surface area contributed by atoms with Crippen molar-refractivity contribution in [3.05, 3.63) is 59.7 Å². The normalized spacial score (nSPS) is 16.4. The number of hydrogen-bond acceptors (Lipinski definition) is 4. The summed E-state index contributed by atoms with van der Waals surface area (Å²) in [4.78, 5) is 14.5. The second-order valence-electron chi connectivity index (χ2n) is 6.75. The Kier molecular flexibility index (Phi) is 7.38. The van der Waals surface area contributed by atoms with Crippen LogP contribution in [0.1, 0.15) is 30.0 Å². The monoisotopic (exact) mass is 439 g/mol. The Morgan fingerprint density at radius 2 is 1.71 bits per heavy atom. The summed E-state index contributed by atoms with van der Waals surface area (Å²) in [5.74, 6) is -0.280. The van der Waals surface area contributed by atoms with Crippen LogP contribution in [0.5, 0.6) is 17.2 Å². The maximum absolute atomic E-state index is 12.8. The molecule has 31 heavy (non-hydrogen) atoms. The Balaban J connectivity index is 1.77. The fourth-order valence-electron chi connectivity index (χ4n) is 3.49. The minimum Gasteiger partial charge on any atom is -0.497 e. The van der Waals surface area contributed by atoms with Crippen LogP contribution in [-0.2, 0) is 4.79 Å². The highest BCUT2D eigenvalue weighted by Crippen LogP contribution is 2.33. The molecule has 1 atom stereocenters. The lowest BCUT2D eigenvalue weighted by molar-refractivity contribution is -0.126. The lowest BCUT2D eigenvalue weighted by atomic mass is 10.0. The number of rotatable bonds is 8. The summed E-state index contributed by atoms with van der Waals surface area (Å²) in [6.07, 6.45) is 4.19. The Bertz CT molecular complexity index is 918. The number of hydrogen-bond donors (Lipinski definition) is 0. The Morgan fingerprint density at radius 1 is 1.03 bits per heavy atom. The van der Waals surface area contributed by atoms with E-state index in [-0.39, 0.29) is 29.0 Å². The largest absolute Gasteiger partial charge is 0.497 e. The van der Waals surface area contributed by atoms with Gasteiger partial charge in [0.05, 0.1) is 13.2 Å². The third-order valence-electron chi connectivity index (χ3n) is 4.87. The molecule has 0 N–H and O–H groups in total. The molecule has 1 saturated heterocycles. The maximum atomic E-state index is 12.8. The van der Waals surface area contributed by atoms with Crippen LogP contribution in [0.3, 0.4) is 0 Å². The molecule has 0 radical (unpaired) electrons. The van der Waals surface area contributed by atoms with E-state index in [1.807, 2.05) is 24.3 Å². The van der Waals surface area contributed by atoms with Crippen molar-refractivity contribution in [3.8, 4) is 17.2 Å². The first kappa shape index (κ1) is 22.5. The van der Waals surface area contributed by atoms with Crippen molar-refractivity contribution in [2.75, 3.05) is 13.7 Å². The smallest absolute Gasteiger partial charge is 0.387 e. The van der Waals surface area contributed by atoms with Crippen LogP contribution in [0.2, 0.25) is 0 Å². The fourth-order valence-corrected chi connectivity index (χ4v) is 3.49. The molecule has 166 valence electrons. The first-order chi connectivity index (χ1) is 14.9. The average Bonchev–Trinajstić information content (AvgIpc) is 3.22. The van der Waals surface area contributed by atoms with E-state index in [0.29, 0.717) is 12.3 Å². The van der Waals surface area contributed by atoms with Crippen molar-refractivity contribution in [2.45, 2.75) is 32.1 Å². The molecule has 1 fully saturated rings. The van der Waals surface area contributed by atoms with Crippen molar-refractivity contribution >= 4 is 12.0 Å². The van der Waals surface area contributed by atoms with Gasteiger partial charge in [0.2, 0.25) is 5.91 Å². The van der Waals surface area contributed by atoms with E-state index in [2.05, 4.69) is 9.47 Å². The highest BCUT2D eigenvalue weighted by molar-refractivity contribution is 5.92. The Labute approximate surface area is 176 Å². The van der Waals surface area contributed by atoms with Gasteiger partial charge in [-0.15, -0.1) is 0 Å². The molecule has 0 bridgehead atoms. The summed E-state index contributed by atoms with van der Waals surface area (Å²) in [6, 6.07) is 10.7. The number of likely N-dealkylation sites (tertiary alicyclic amines) is 1. The third-order valence-corrected chi connectivity index (χ3v) is 4.87. The molecule has 1 aliphatic rings. The van der Waals surface area contributed by atoms with Gasteiger partial charge in [0.15, 0.2) is 0 Å². The third kappa shape index (κ3) is 5.90. The topological polar surface area (TPSA) is 48.0 Å². The second kappa shape index (κ2) is 10.2. The van der Waals surface area contributed by atoms with E-state index in [0.717, 1.165) is 24.5 Å². The first-order valence-corrected chi connectivity index (χ1v) is 9.53. The number of amides is 1. The van der Waals surface area contributed by atoms with Gasteiger partial charge in [-0.1, -0.05) is 12.1 Å². The van der Waals surface area contributed by atoms with Crippen LogP contribution >= 0.6 is 0 Å². The quantitative estimate of drug-likeness (QED) is 0.415. The van der Waals surface area contributed by atoms with Crippen molar-refractivity contribution < 1.29 is 36.6 Å². The molecule has 3 rings (SSSR count). The van der Waals surface area contributed by atoms with Crippen LogP contribution in [0, 0.1) is 0 Å². The molecule has 0 aromatic heterocycles. The van der Waals surface area contributed by atoms with Crippen LogP contribution in [-0.4, -0.2) is 37.7 Å². The predicted octanol–water partition coefficient (Wildman–Crippen LogP) is 5.27. The van der Waals surface area contributed by atoms with Crippen LogP contribution < -0.4 is 14.2 Å². The molecule has 1 unspecified atom stereocenters. The molecule has 1 aliphatic heterocycles. The lowest BCUT2D eigenvalue weighted by Crippen LogP contribution is -2.28. The van der Waals surface area contributed by atoms with Gasteiger partial charge in [0.1, 0.15) is 17.2 Å². The number of benzene rings is 2.